The van der Waals surface area contributed by atoms with Gasteiger partial charge in [-0.05, 0) is 44.7 Å². The van der Waals surface area contributed by atoms with Crippen LogP contribution in [0.3, 0.4) is 0 Å². The van der Waals surface area contributed by atoms with Gasteiger partial charge in [-0.2, -0.15) is 4.39 Å². The summed E-state index contributed by atoms with van der Waals surface area (Å²) in [6.45, 7) is 8.58. The molecule has 0 aromatic heterocycles. The molecule has 162 valence electrons. The minimum atomic E-state index is -1.29. The van der Waals surface area contributed by atoms with Gasteiger partial charge in [-0.1, -0.05) is 19.9 Å². The van der Waals surface area contributed by atoms with E-state index in [1.165, 1.54) is 6.07 Å². The number of nitro groups is 1. The van der Waals surface area contributed by atoms with E-state index in [2.05, 4.69) is 10.6 Å². The first-order valence-corrected chi connectivity index (χ1v) is 9.19. The second-order valence-electron chi connectivity index (χ2n) is 8.06. The zero-order valence-electron chi connectivity index (χ0n) is 17.2. The number of aliphatic hydroxyl groups excluding tert-OH is 1. The number of aliphatic hydroxyl groups is 1. The zero-order chi connectivity index (χ0) is 22.4. The summed E-state index contributed by atoms with van der Waals surface area (Å²) < 4.78 is 18.6. The Kier molecular flexibility index (Phi) is 8.50. The number of benzene rings is 1. The second-order valence-corrected chi connectivity index (χ2v) is 8.06. The van der Waals surface area contributed by atoms with Crippen LogP contribution in [-0.4, -0.2) is 40.2 Å². The van der Waals surface area contributed by atoms with Crippen molar-refractivity contribution in [2.24, 2.45) is 5.92 Å². The Bertz CT molecular complexity index is 748. The van der Waals surface area contributed by atoms with Gasteiger partial charge in [0, 0.05) is 12.6 Å². The Labute approximate surface area is 168 Å². The van der Waals surface area contributed by atoms with E-state index < -0.39 is 46.2 Å². The van der Waals surface area contributed by atoms with Gasteiger partial charge in [-0.15, -0.1) is 0 Å². The SMILES string of the molecule is CC(C)C[C@H](NC(=O)OC(C)(C)C)C(=O)NC[C@H](O)c1ccc(F)c([N+](=O)[O-])c1. The highest BCUT2D eigenvalue weighted by Crippen LogP contribution is 2.22. The molecule has 29 heavy (non-hydrogen) atoms. The first kappa shape index (κ1) is 24.3. The fourth-order valence-electron chi connectivity index (χ4n) is 2.47. The number of amides is 2. The van der Waals surface area contributed by atoms with E-state index in [-0.39, 0.29) is 18.0 Å². The number of nitrogens with one attached hydrogen (secondary N) is 2. The molecular weight excluding hydrogens is 385 g/mol. The number of nitrogens with zero attached hydrogens (tertiary/aromatic N) is 1. The minimum absolute atomic E-state index is 0.0823. The first-order valence-electron chi connectivity index (χ1n) is 9.19. The molecule has 1 aromatic carbocycles. The molecule has 10 heteroatoms. The quantitative estimate of drug-likeness (QED) is 0.444. The third-order valence-electron chi connectivity index (χ3n) is 3.74. The number of nitro benzene ring substituents is 1. The Morgan fingerprint density at radius 1 is 1.31 bits per heavy atom. The molecule has 2 atom stereocenters. The highest BCUT2D eigenvalue weighted by molar-refractivity contribution is 5.85. The summed E-state index contributed by atoms with van der Waals surface area (Å²) in [5.41, 5.74) is -1.41. The molecule has 0 aliphatic rings. The van der Waals surface area contributed by atoms with E-state index in [1.54, 1.807) is 20.8 Å². The van der Waals surface area contributed by atoms with Crippen LogP contribution in [0.15, 0.2) is 18.2 Å². The highest BCUT2D eigenvalue weighted by Gasteiger charge is 2.26. The predicted octanol–water partition coefficient (Wildman–Crippen LogP) is 2.82. The lowest BCUT2D eigenvalue weighted by Gasteiger charge is -2.24. The standard InChI is InChI=1S/C19H28FN3O6/c1-11(2)8-14(22-18(26)29-19(3,4)5)17(25)21-10-16(24)12-6-7-13(20)15(9-12)23(27)28/h6-7,9,11,14,16,24H,8,10H2,1-5H3,(H,21,25)(H,22,26)/t14-,16-/m0/s1. The molecule has 9 nitrogen and oxygen atoms in total. The molecule has 1 rings (SSSR count). The minimum Gasteiger partial charge on any atom is -0.444 e. The van der Waals surface area contributed by atoms with Crippen molar-refractivity contribution in [2.45, 2.75) is 58.8 Å². The van der Waals surface area contributed by atoms with Crippen LogP contribution in [0.5, 0.6) is 0 Å². The monoisotopic (exact) mass is 413 g/mol. The molecule has 0 aliphatic carbocycles. The first-order chi connectivity index (χ1) is 13.3. The van der Waals surface area contributed by atoms with Gasteiger partial charge in [0.25, 0.3) is 0 Å². The zero-order valence-corrected chi connectivity index (χ0v) is 17.2. The van der Waals surface area contributed by atoms with Crippen molar-refractivity contribution >= 4 is 17.7 Å². The topological polar surface area (TPSA) is 131 Å². The maximum Gasteiger partial charge on any atom is 0.408 e. The van der Waals surface area contributed by atoms with Gasteiger partial charge in [0.2, 0.25) is 11.7 Å². The Balaban J connectivity index is 2.78. The van der Waals surface area contributed by atoms with E-state index in [4.69, 9.17) is 4.74 Å². The summed E-state index contributed by atoms with van der Waals surface area (Å²) in [5, 5.41) is 26.0. The van der Waals surface area contributed by atoms with Crippen LogP contribution in [0, 0.1) is 21.8 Å². The highest BCUT2D eigenvalue weighted by atomic mass is 19.1. The van der Waals surface area contributed by atoms with Crippen molar-refractivity contribution in [1.82, 2.24) is 10.6 Å². The Morgan fingerprint density at radius 2 is 1.93 bits per heavy atom. The van der Waals surface area contributed by atoms with Crippen LogP contribution in [-0.2, 0) is 9.53 Å². The molecule has 1 aromatic rings. The third-order valence-corrected chi connectivity index (χ3v) is 3.74. The summed E-state index contributed by atoms with van der Waals surface area (Å²) in [7, 11) is 0. The second kappa shape index (κ2) is 10.1. The van der Waals surface area contributed by atoms with E-state index in [0.717, 1.165) is 12.1 Å². The van der Waals surface area contributed by atoms with Crippen LogP contribution in [0.4, 0.5) is 14.9 Å². The maximum absolute atomic E-state index is 13.4. The van der Waals surface area contributed by atoms with Crippen molar-refractivity contribution in [3.05, 3.63) is 39.7 Å². The Morgan fingerprint density at radius 3 is 2.45 bits per heavy atom. The smallest absolute Gasteiger partial charge is 0.408 e. The molecular formula is C19H28FN3O6. The lowest BCUT2D eigenvalue weighted by molar-refractivity contribution is -0.387. The molecule has 0 radical (unpaired) electrons. The van der Waals surface area contributed by atoms with Crippen LogP contribution in [0.2, 0.25) is 0 Å². The Hall–Kier alpha value is -2.75. The van der Waals surface area contributed by atoms with Gasteiger partial charge in [-0.3, -0.25) is 14.9 Å². The lowest BCUT2D eigenvalue weighted by atomic mass is 10.0. The molecule has 0 aliphatic heterocycles. The largest absolute Gasteiger partial charge is 0.444 e. The number of alkyl carbamates (subject to hydrolysis) is 1. The summed E-state index contributed by atoms with van der Waals surface area (Å²) in [5.74, 6) is -1.47. The number of carbonyl (C=O) groups excluding carboxylic acids is 2. The number of rotatable bonds is 8. The molecule has 3 N–H and O–H groups in total. The average Bonchev–Trinajstić information content (AvgIpc) is 2.56. The van der Waals surface area contributed by atoms with Crippen molar-refractivity contribution in [3.8, 4) is 0 Å². The summed E-state index contributed by atoms with van der Waals surface area (Å²) in [4.78, 5) is 34.4. The van der Waals surface area contributed by atoms with E-state index in [9.17, 15) is 29.2 Å². The van der Waals surface area contributed by atoms with Crippen molar-refractivity contribution in [1.29, 1.82) is 0 Å². The molecule has 0 bridgehead atoms. The third kappa shape index (κ3) is 8.43. The average molecular weight is 413 g/mol. The molecule has 0 saturated carbocycles. The van der Waals surface area contributed by atoms with Gasteiger partial charge in [0.15, 0.2) is 0 Å². The number of ether oxygens (including phenoxy) is 1. The summed E-state index contributed by atoms with van der Waals surface area (Å²) in [6, 6.07) is 2.10. The van der Waals surface area contributed by atoms with Crippen LogP contribution in [0.25, 0.3) is 0 Å². The van der Waals surface area contributed by atoms with Gasteiger partial charge < -0.3 is 20.5 Å². The van der Waals surface area contributed by atoms with Crippen molar-refractivity contribution in [2.75, 3.05) is 6.54 Å². The van der Waals surface area contributed by atoms with E-state index in [0.29, 0.717) is 6.42 Å². The van der Waals surface area contributed by atoms with Crippen LogP contribution >= 0.6 is 0 Å². The summed E-state index contributed by atoms with van der Waals surface area (Å²) >= 11 is 0. The predicted molar refractivity (Wildman–Crippen MR) is 104 cm³/mol. The van der Waals surface area contributed by atoms with Crippen LogP contribution in [0.1, 0.15) is 52.7 Å². The molecule has 0 fully saturated rings. The van der Waals surface area contributed by atoms with Gasteiger partial charge in [0.1, 0.15) is 11.6 Å². The molecule has 0 heterocycles. The number of halogens is 1. The number of hydrogen-bond acceptors (Lipinski definition) is 6. The molecule has 0 saturated heterocycles. The number of carbonyl (C=O) groups is 2. The van der Waals surface area contributed by atoms with E-state index in [1.807, 2.05) is 13.8 Å². The lowest BCUT2D eigenvalue weighted by Crippen LogP contribution is -2.49. The van der Waals surface area contributed by atoms with Gasteiger partial charge in [-0.25, -0.2) is 4.79 Å². The molecule has 2 amide bonds. The van der Waals surface area contributed by atoms with Crippen molar-refractivity contribution < 1.29 is 28.7 Å². The van der Waals surface area contributed by atoms with E-state index >= 15 is 0 Å². The summed E-state index contributed by atoms with van der Waals surface area (Å²) in [6.07, 6.45) is -1.70. The maximum atomic E-state index is 13.4. The normalized spacial score (nSPS) is 13.5. The van der Waals surface area contributed by atoms with Crippen molar-refractivity contribution in [3.63, 3.8) is 0 Å². The van der Waals surface area contributed by atoms with Gasteiger partial charge >= 0.3 is 11.8 Å². The van der Waals surface area contributed by atoms with Crippen LogP contribution < -0.4 is 10.6 Å². The molecule has 0 unspecified atom stereocenters. The molecule has 0 spiro atoms. The fraction of sp³-hybridized carbons (Fsp3) is 0.579. The number of hydrogen-bond donors (Lipinski definition) is 3. The fourth-order valence-corrected chi connectivity index (χ4v) is 2.47. The van der Waals surface area contributed by atoms with Gasteiger partial charge in [0.05, 0.1) is 11.0 Å².